The fourth-order valence-electron chi connectivity index (χ4n) is 2.37. The Balaban J connectivity index is 1.39. The van der Waals surface area contributed by atoms with E-state index in [-0.39, 0.29) is 12.3 Å². The number of hydrogen-bond acceptors (Lipinski definition) is 6. The molecule has 3 aromatic rings. The Morgan fingerprint density at radius 3 is 2.74 bits per heavy atom. The third-order valence-corrected chi connectivity index (χ3v) is 4.57. The molecule has 0 atom stereocenters. The number of nitrogens with zero attached hydrogens (tertiary/aromatic N) is 2. The zero-order valence-corrected chi connectivity index (χ0v) is 16.1. The van der Waals surface area contributed by atoms with Gasteiger partial charge in [0.1, 0.15) is 16.8 Å². The maximum atomic E-state index is 12.1. The molecule has 0 unspecified atom stereocenters. The molecule has 0 aliphatic carbocycles. The second-order valence-electron chi connectivity index (χ2n) is 5.83. The molecule has 1 heterocycles. The van der Waals surface area contributed by atoms with Gasteiger partial charge in [-0.3, -0.25) is 20.4 Å². The largest absolute Gasteiger partial charge is 0.493 e. The van der Waals surface area contributed by atoms with E-state index in [2.05, 4.69) is 19.6 Å². The number of nitrogens with one attached hydrogen (secondary N) is 2. The standard InChI is InChI=1S/C18H17ClN4O3S/c1-11-9-13(19)5-7-16(11)26-8-2-3-17(24)20-21-18(25)12-4-6-14-15(10-12)23-27-22-14/h4-7,9-10H,2-3,8H2,1H3,(H,20,24)(H,21,25). The van der Waals surface area contributed by atoms with Gasteiger partial charge >= 0.3 is 0 Å². The molecule has 140 valence electrons. The summed E-state index contributed by atoms with van der Waals surface area (Å²) in [5, 5.41) is 0.653. The van der Waals surface area contributed by atoms with E-state index in [4.69, 9.17) is 16.3 Å². The van der Waals surface area contributed by atoms with Crippen LogP contribution in [0.15, 0.2) is 36.4 Å². The average Bonchev–Trinajstić information content (AvgIpc) is 3.12. The summed E-state index contributed by atoms with van der Waals surface area (Å²) in [6, 6.07) is 10.3. The van der Waals surface area contributed by atoms with Crippen molar-refractivity contribution in [2.45, 2.75) is 19.8 Å². The summed E-state index contributed by atoms with van der Waals surface area (Å²) in [6.45, 7) is 2.29. The number of carbonyl (C=O) groups is 2. The van der Waals surface area contributed by atoms with Gasteiger partial charge in [-0.15, -0.1) is 0 Å². The van der Waals surface area contributed by atoms with Gasteiger partial charge in [-0.2, -0.15) is 8.75 Å². The first-order chi connectivity index (χ1) is 13.0. The van der Waals surface area contributed by atoms with Crippen molar-refractivity contribution in [2.24, 2.45) is 0 Å². The van der Waals surface area contributed by atoms with Crippen LogP contribution in [0.3, 0.4) is 0 Å². The average molecular weight is 405 g/mol. The summed E-state index contributed by atoms with van der Waals surface area (Å²) in [5.74, 6) is 0.0301. The molecule has 1 aromatic heterocycles. The minimum absolute atomic E-state index is 0.224. The number of aromatic nitrogens is 2. The molecule has 0 saturated heterocycles. The number of benzene rings is 2. The highest BCUT2D eigenvalue weighted by molar-refractivity contribution is 7.00. The summed E-state index contributed by atoms with van der Waals surface area (Å²) in [5.41, 5.74) is 7.50. The number of aryl methyl sites for hydroxylation is 1. The third kappa shape index (κ3) is 5.15. The van der Waals surface area contributed by atoms with Crippen LogP contribution in [-0.4, -0.2) is 27.2 Å². The van der Waals surface area contributed by atoms with Crippen LogP contribution in [0, 0.1) is 6.92 Å². The lowest BCUT2D eigenvalue weighted by Crippen LogP contribution is -2.41. The lowest BCUT2D eigenvalue weighted by molar-refractivity contribution is -0.122. The SMILES string of the molecule is Cc1cc(Cl)ccc1OCCCC(=O)NNC(=O)c1ccc2nsnc2c1. The molecular weight excluding hydrogens is 388 g/mol. The maximum absolute atomic E-state index is 12.1. The van der Waals surface area contributed by atoms with Gasteiger partial charge in [0.2, 0.25) is 5.91 Å². The molecule has 2 aromatic carbocycles. The predicted octanol–water partition coefficient (Wildman–Crippen LogP) is 3.27. The van der Waals surface area contributed by atoms with Crippen molar-refractivity contribution >= 4 is 46.2 Å². The van der Waals surface area contributed by atoms with Gasteiger partial charge < -0.3 is 4.74 Å². The molecule has 7 nitrogen and oxygen atoms in total. The number of ether oxygens (including phenoxy) is 1. The van der Waals surface area contributed by atoms with E-state index in [0.29, 0.717) is 29.1 Å². The van der Waals surface area contributed by atoms with Crippen LogP contribution in [-0.2, 0) is 4.79 Å². The lowest BCUT2D eigenvalue weighted by Gasteiger charge is -2.10. The lowest BCUT2D eigenvalue weighted by atomic mass is 10.2. The first-order valence-corrected chi connectivity index (χ1v) is 9.34. The zero-order chi connectivity index (χ0) is 19.2. The normalized spacial score (nSPS) is 10.6. The Hall–Kier alpha value is -2.71. The minimum atomic E-state index is -0.411. The van der Waals surface area contributed by atoms with Gasteiger partial charge in [-0.1, -0.05) is 11.6 Å². The number of rotatable bonds is 6. The van der Waals surface area contributed by atoms with Crippen molar-refractivity contribution in [1.82, 2.24) is 19.6 Å². The summed E-state index contributed by atoms with van der Waals surface area (Å²) < 4.78 is 13.8. The minimum Gasteiger partial charge on any atom is -0.493 e. The Morgan fingerprint density at radius 1 is 1.11 bits per heavy atom. The van der Waals surface area contributed by atoms with Crippen molar-refractivity contribution in [1.29, 1.82) is 0 Å². The Bertz CT molecular complexity index is 976. The van der Waals surface area contributed by atoms with Gasteiger partial charge in [0, 0.05) is 17.0 Å². The Kier molecular flexibility index (Phi) is 6.20. The highest BCUT2D eigenvalue weighted by Gasteiger charge is 2.10. The maximum Gasteiger partial charge on any atom is 0.269 e. The van der Waals surface area contributed by atoms with Gasteiger partial charge in [0.25, 0.3) is 5.91 Å². The fraction of sp³-hybridized carbons (Fsp3) is 0.222. The number of carbonyl (C=O) groups excluding carboxylic acids is 2. The Labute approximate surface area is 165 Å². The number of fused-ring (bicyclic) bond motifs is 1. The second-order valence-corrected chi connectivity index (χ2v) is 6.80. The van der Waals surface area contributed by atoms with E-state index in [9.17, 15) is 9.59 Å². The first kappa shape index (κ1) is 19.1. The molecule has 0 aliphatic rings. The molecule has 0 radical (unpaired) electrons. The molecule has 2 N–H and O–H groups in total. The van der Waals surface area contributed by atoms with Crippen molar-refractivity contribution in [3.05, 3.63) is 52.5 Å². The van der Waals surface area contributed by atoms with Crippen molar-refractivity contribution < 1.29 is 14.3 Å². The Morgan fingerprint density at radius 2 is 1.93 bits per heavy atom. The van der Waals surface area contributed by atoms with Gasteiger partial charge in [-0.25, -0.2) is 0 Å². The van der Waals surface area contributed by atoms with E-state index in [1.54, 1.807) is 30.3 Å². The smallest absolute Gasteiger partial charge is 0.269 e. The number of halogens is 1. The van der Waals surface area contributed by atoms with Gasteiger partial charge in [0.05, 0.1) is 18.3 Å². The van der Waals surface area contributed by atoms with Crippen LogP contribution >= 0.6 is 23.3 Å². The molecule has 0 bridgehead atoms. The van der Waals surface area contributed by atoms with Crippen LogP contribution in [0.4, 0.5) is 0 Å². The quantitative estimate of drug-likeness (QED) is 0.485. The van der Waals surface area contributed by atoms with Crippen LogP contribution in [0.5, 0.6) is 5.75 Å². The van der Waals surface area contributed by atoms with Crippen LogP contribution in [0.1, 0.15) is 28.8 Å². The molecular formula is C18H17ClN4O3S. The van der Waals surface area contributed by atoms with Gasteiger partial charge in [-0.05, 0) is 55.3 Å². The summed E-state index contributed by atoms with van der Waals surface area (Å²) in [7, 11) is 0. The van der Waals surface area contributed by atoms with Crippen LogP contribution < -0.4 is 15.6 Å². The number of hydrogen-bond donors (Lipinski definition) is 2. The van der Waals surface area contributed by atoms with Crippen molar-refractivity contribution in [2.75, 3.05) is 6.61 Å². The zero-order valence-electron chi connectivity index (χ0n) is 14.5. The molecule has 0 spiro atoms. The predicted molar refractivity (Wildman–Crippen MR) is 104 cm³/mol. The molecule has 27 heavy (non-hydrogen) atoms. The van der Waals surface area contributed by atoms with E-state index >= 15 is 0 Å². The molecule has 2 amide bonds. The number of hydrazine groups is 1. The fourth-order valence-corrected chi connectivity index (χ4v) is 3.12. The third-order valence-electron chi connectivity index (χ3n) is 3.77. The van der Waals surface area contributed by atoms with Crippen molar-refractivity contribution in [3.63, 3.8) is 0 Å². The number of amides is 2. The monoisotopic (exact) mass is 404 g/mol. The second kappa shape index (κ2) is 8.79. The molecule has 0 aliphatic heterocycles. The molecule has 0 fully saturated rings. The summed E-state index contributed by atoms with van der Waals surface area (Å²) in [4.78, 5) is 23.9. The summed E-state index contributed by atoms with van der Waals surface area (Å²) in [6.07, 6.45) is 0.738. The summed E-state index contributed by atoms with van der Waals surface area (Å²) >= 11 is 6.98. The first-order valence-electron chi connectivity index (χ1n) is 8.23. The highest BCUT2D eigenvalue weighted by atomic mass is 35.5. The van der Waals surface area contributed by atoms with E-state index < -0.39 is 5.91 Å². The van der Waals surface area contributed by atoms with E-state index in [1.807, 2.05) is 13.0 Å². The molecule has 9 heteroatoms. The van der Waals surface area contributed by atoms with E-state index in [0.717, 1.165) is 28.6 Å². The molecule has 0 saturated carbocycles. The van der Waals surface area contributed by atoms with Crippen LogP contribution in [0.2, 0.25) is 5.02 Å². The topological polar surface area (TPSA) is 93.2 Å². The van der Waals surface area contributed by atoms with Gasteiger partial charge in [0.15, 0.2) is 0 Å². The van der Waals surface area contributed by atoms with Crippen LogP contribution in [0.25, 0.3) is 11.0 Å². The highest BCUT2D eigenvalue weighted by Crippen LogP contribution is 2.21. The van der Waals surface area contributed by atoms with Crippen molar-refractivity contribution in [3.8, 4) is 5.75 Å². The van der Waals surface area contributed by atoms with E-state index in [1.165, 1.54) is 0 Å². The molecule has 3 rings (SSSR count).